The van der Waals surface area contributed by atoms with E-state index in [0.717, 1.165) is 21.2 Å². The van der Waals surface area contributed by atoms with Crippen LogP contribution in [0.2, 0.25) is 0 Å². The Morgan fingerprint density at radius 3 is 2.71 bits per heavy atom. The lowest BCUT2D eigenvalue weighted by Gasteiger charge is -2.31. The number of ether oxygens (including phenoxy) is 1. The molecule has 1 N–H and O–H groups in total. The first-order valence-corrected chi connectivity index (χ1v) is 11.8. The van der Waals surface area contributed by atoms with Crippen molar-refractivity contribution < 1.29 is 23.0 Å². The Hall–Kier alpha value is -3.99. The Kier molecular flexibility index (Phi) is 6.56. The third-order valence-electron chi connectivity index (χ3n) is 6.51. The van der Waals surface area contributed by atoms with E-state index in [-0.39, 0.29) is 40.8 Å². The summed E-state index contributed by atoms with van der Waals surface area (Å²) in [6, 6.07) is 7.26. The first kappa shape index (κ1) is 25.7. The van der Waals surface area contributed by atoms with Gasteiger partial charge in [-0.1, -0.05) is 0 Å². The van der Waals surface area contributed by atoms with Crippen molar-refractivity contribution in [1.29, 1.82) is 5.26 Å². The highest BCUT2D eigenvalue weighted by atomic mass is 19.4. The molecule has 5 rings (SSSR count). The Morgan fingerprint density at radius 1 is 1.26 bits per heavy atom. The molecule has 1 aliphatic rings. The molecule has 1 fully saturated rings. The summed E-state index contributed by atoms with van der Waals surface area (Å²) in [6.45, 7) is 3.72. The number of hydrogen-bond donors (Lipinski definition) is 1. The highest BCUT2D eigenvalue weighted by molar-refractivity contribution is 5.58. The monoisotopic (exact) mass is 527 g/mol. The van der Waals surface area contributed by atoms with E-state index in [1.54, 1.807) is 7.05 Å². The maximum atomic E-state index is 14.1. The van der Waals surface area contributed by atoms with Gasteiger partial charge in [0, 0.05) is 39.1 Å². The SMILES string of the molecule is C[C@@H]1CN(Cc2cc(C(F)(F)F)c3cn(-c4cc(C#N)cc([C@H](O)c5nncn5C)c4)c(=O)n3c2)CCO1. The van der Waals surface area contributed by atoms with E-state index in [1.165, 1.54) is 35.3 Å². The van der Waals surface area contributed by atoms with Crippen LogP contribution in [0, 0.1) is 11.3 Å². The molecule has 4 heterocycles. The van der Waals surface area contributed by atoms with Gasteiger partial charge in [-0.25, -0.2) is 4.79 Å². The van der Waals surface area contributed by atoms with Crippen LogP contribution in [-0.4, -0.2) is 59.5 Å². The largest absolute Gasteiger partial charge is 0.418 e. The maximum Gasteiger partial charge on any atom is 0.418 e. The number of nitrogens with zero attached hydrogens (tertiary/aromatic N) is 7. The van der Waals surface area contributed by atoms with E-state index >= 15 is 0 Å². The standard InChI is InChI=1S/C25H24F3N7O3/c1-15-10-33(3-4-38-15)11-17-7-20(25(26,27)28)21-13-34(24(37)35(21)12-17)19-6-16(9-29)5-18(8-19)22(36)23-31-30-14-32(23)2/h5-8,12-15,22,36H,3-4,10-11H2,1-2H3/t15-,22+/m1/s1. The summed E-state index contributed by atoms with van der Waals surface area (Å²) in [5.74, 6) is 0.196. The van der Waals surface area contributed by atoms with Crippen molar-refractivity contribution >= 4 is 5.52 Å². The molecule has 4 aromatic rings. The second kappa shape index (κ2) is 9.71. The van der Waals surface area contributed by atoms with Crippen molar-refractivity contribution in [2.24, 2.45) is 7.05 Å². The van der Waals surface area contributed by atoms with E-state index < -0.39 is 23.5 Å². The number of morpholine rings is 1. The molecule has 1 aromatic carbocycles. The summed E-state index contributed by atoms with van der Waals surface area (Å²) < 4.78 is 51.4. The van der Waals surface area contributed by atoms with E-state index in [9.17, 15) is 28.3 Å². The number of aliphatic hydroxyl groups is 1. The lowest BCUT2D eigenvalue weighted by molar-refractivity contribution is -0.136. The predicted molar refractivity (Wildman–Crippen MR) is 128 cm³/mol. The normalized spacial score (nSPS) is 17.6. The number of fused-ring (bicyclic) bond motifs is 1. The number of halogens is 3. The van der Waals surface area contributed by atoms with Gasteiger partial charge in [-0.2, -0.15) is 18.4 Å². The fourth-order valence-electron chi connectivity index (χ4n) is 4.72. The van der Waals surface area contributed by atoms with Gasteiger partial charge in [-0.15, -0.1) is 10.2 Å². The minimum absolute atomic E-state index is 0.0446. The number of pyridine rings is 1. The first-order chi connectivity index (χ1) is 18.0. The second-order valence-corrected chi connectivity index (χ2v) is 9.34. The summed E-state index contributed by atoms with van der Waals surface area (Å²) >= 11 is 0. The van der Waals surface area contributed by atoms with E-state index in [0.29, 0.717) is 25.3 Å². The number of imidazole rings is 1. The molecule has 0 radical (unpaired) electrons. The van der Waals surface area contributed by atoms with Crippen LogP contribution in [0.25, 0.3) is 11.2 Å². The van der Waals surface area contributed by atoms with E-state index in [4.69, 9.17) is 4.74 Å². The zero-order chi connectivity index (χ0) is 27.2. The van der Waals surface area contributed by atoms with Gasteiger partial charge >= 0.3 is 11.9 Å². The van der Waals surface area contributed by atoms with Crippen molar-refractivity contribution in [3.8, 4) is 11.8 Å². The van der Waals surface area contributed by atoms with Crippen molar-refractivity contribution in [3.05, 3.63) is 81.5 Å². The third-order valence-corrected chi connectivity index (χ3v) is 6.51. The third kappa shape index (κ3) is 4.81. The van der Waals surface area contributed by atoms with Crippen LogP contribution in [0.5, 0.6) is 0 Å². The Labute approximate surface area is 214 Å². The fraction of sp³-hybridized carbons (Fsp3) is 0.360. The fourth-order valence-corrected chi connectivity index (χ4v) is 4.72. The van der Waals surface area contributed by atoms with Crippen LogP contribution >= 0.6 is 0 Å². The zero-order valence-corrected chi connectivity index (χ0v) is 20.6. The van der Waals surface area contributed by atoms with Gasteiger partial charge < -0.3 is 14.4 Å². The molecule has 0 amide bonds. The van der Waals surface area contributed by atoms with Crippen molar-refractivity contribution in [2.75, 3.05) is 19.7 Å². The van der Waals surface area contributed by atoms with Gasteiger partial charge in [-0.05, 0) is 42.3 Å². The van der Waals surface area contributed by atoms with Crippen LogP contribution in [0.15, 0.2) is 47.8 Å². The quantitative estimate of drug-likeness (QED) is 0.424. The van der Waals surface area contributed by atoms with Gasteiger partial charge in [-0.3, -0.25) is 13.9 Å². The van der Waals surface area contributed by atoms with E-state index in [1.807, 2.05) is 17.9 Å². The minimum atomic E-state index is -4.71. The van der Waals surface area contributed by atoms with Gasteiger partial charge in [0.15, 0.2) is 5.82 Å². The topological polar surface area (TPSA) is 114 Å². The number of alkyl halides is 3. The molecule has 0 saturated carbocycles. The Balaban J connectivity index is 1.63. The smallest absolute Gasteiger partial charge is 0.380 e. The zero-order valence-electron chi connectivity index (χ0n) is 20.6. The molecule has 38 heavy (non-hydrogen) atoms. The van der Waals surface area contributed by atoms with Crippen LogP contribution < -0.4 is 5.69 Å². The van der Waals surface area contributed by atoms with Gasteiger partial charge in [0.25, 0.3) is 0 Å². The summed E-state index contributed by atoms with van der Waals surface area (Å²) in [4.78, 5) is 15.4. The lowest BCUT2D eigenvalue weighted by atomic mass is 10.0. The summed E-state index contributed by atoms with van der Waals surface area (Å²) in [5.41, 5.74) is -1.19. The van der Waals surface area contributed by atoms with Crippen LogP contribution in [0.4, 0.5) is 13.2 Å². The number of nitriles is 1. The number of aryl methyl sites for hydroxylation is 1. The summed E-state index contributed by atoms with van der Waals surface area (Å²) in [6.07, 6.45) is -2.13. The molecule has 0 aliphatic carbocycles. The molecule has 198 valence electrons. The van der Waals surface area contributed by atoms with Crippen molar-refractivity contribution in [1.82, 2.24) is 28.6 Å². The van der Waals surface area contributed by atoms with Crippen LogP contribution in [0.1, 0.15) is 41.1 Å². The number of aromatic nitrogens is 5. The first-order valence-electron chi connectivity index (χ1n) is 11.8. The highest BCUT2D eigenvalue weighted by Gasteiger charge is 2.35. The Morgan fingerprint density at radius 2 is 2.05 bits per heavy atom. The Bertz CT molecular complexity index is 1600. The lowest BCUT2D eigenvalue weighted by Crippen LogP contribution is -2.40. The molecule has 0 bridgehead atoms. The molecule has 3 aromatic heterocycles. The molecule has 1 saturated heterocycles. The van der Waals surface area contributed by atoms with Gasteiger partial charge in [0.2, 0.25) is 0 Å². The average molecular weight is 528 g/mol. The maximum absolute atomic E-state index is 14.1. The number of hydrogen-bond acceptors (Lipinski definition) is 7. The molecule has 13 heteroatoms. The van der Waals surface area contributed by atoms with Crippen molar-refractivity contribution in [2.45, 2.75) is 31.9 Å². The van der Waals surface area contributed by atoms with Gasteiger partial charge in [0.05, 0.1) is 41.1 Å². The molecule has 1 aliphatic heterocycles. The van der Waals surface area contributed by atoms with E-state index in [2.05, 4.69) is 10.2 Å². The molecular formula is C25H24F3N7O3. The summed E-state index contributed by atoms with van der Waals surface area (Å²) in [5, 5.41) is 28.0. The number of rotatable bonds is 5. The predicted octanol–water partition coefficient (Wildman–Crippen LogP) is 2.41. The average Bonchev–Trinajstić information content (AvgIpc) is 3.45. The molecule has 10 nitrogen and oxygen atoms in total. The second-order valence-electron chi connectivity index (χ2n) is 9.34. The van der Waals surface area contributed by atoms with Gasteiger partial charge in [0.1, 0.15) is 12.4 Å². The number of aliphatic hydroxyl groups excluding tert-OH is 1. The summed E-state index contributed by atoms with van der Waals surface area (Å²) in [7, 11) is 1.63. The molecule has 0 unspecified atom stereocenters. The molecule has 2 atom stereocenters. The molecular weight excluding hydrogens is 503 g/mol. The van der Waals surface area contributed by atoms with Crippen LogP contribution in [-0.2, 0) is 24.5 Å². The molecule has 0 spiro atoms. The minimum Gasteiger partial charge on any atom is -0.380 e. The number of benzene rings is 1. The van der Waals surface area contributed by atoms with Crippen molar-refractivity contribution in [3.63, 3.8) is 0 Å². The highest BCUT2D eigenvalue weighted by Crippen LogP contribution is 2.34. The van der Waals surface area contributed by atoms with Crippen LogP contribution in [0.3, 0.4) is 0 Å².